The third-order valence-electron chi connectivity index (χ3n) is 2.68. The van der Waals surface area contributed by atoms with Gasteiger partial charge in [-0.05, 0) is 0 Å². The van der Waals surface area contributed by atoms with Crippen LogP contribution in [-0.4, -0.2) is 15.0 Å². The van der Waals surface area contributed by atoms with Crippen LogP contribution in [0, 0.1) is 5.82 Å². The summed E-state index contributed by atoms with van der Waals surface area (Å²) in [6, 6.07) is 13.8. The van der Waals surface area contributed by atoms with Crippen LogP contribution in [0.5, 0.6) is 0 Å². The van der Waals surface area contributed by atoms with Gasteiger partial charge in [-0.2, -0.15) is 0 Å². The van der Waals surface area contributed by atoms with Gasteiger partial charge in [0.05, 0.1) is 0 Å². The van der Waals surface area contributed by atoms with Gasteiger partial charge in [-0.25, -0.2) is 0 Å². The average Bonchev–Trinajstić information content (AvgIpc) is 2.43. The molecule has 94 valence electrons. The number of benzene rings is 2. The molecule has 1 aromatic heterocycles. The SMILES string of the molecule is O=c1c([Se]c2ccccc2)coc2cc(F)ccc12. The van der Waals surface area contributed by atoms with Gasteiger partial charge in [-0.1, -0.05) is 0 Å². The van der Waals surface area contributed by atoms with E-state index in [-0.39, 0.29) is 26.0 Å². The Labute approximate surface area is 115 Å². The van der Waals surface area contributed by atoms with E-state index in [0.717, 1.165) is 4.46 Å². The number of halogens is 1. The van der Waals surface area contributed by atoms with Crippen molar-refractivity contribution in [2.24, 2.45) is 0 Å². The fraction of sp³-hybridized carbons (Fsp3) is 0. The van der Waals surface area contributed by atoms with Crippen molar-refractivity contribution in [3.63, 3.8) is 0 Å². The van der Waals surface area contributed by atoms with Crippen LogP contribution >= 0.6 is 0 Å². The number of hydrogen-bond acceptors (Lipinski definition) is 2. The third kappa shape index (κ3) is 2.46. The van der Waals surface area contributed by atoms with Crippen LogP contribution in [0.15, 0.2) is 64.0 Å². The van der Waals surface area contributed by atoms with E-state index >= 15 is 0 Å². The summed E-state index contributed by atoms with van der Waals surface area (Å²) in [5.41, 5.74) is 0.211. The molecule has 0 aliphatic heterocycles. The molecule has 0 atom stereocenters. The summed E-state index contributed by atoms with van der Waals surface area (Å²) in [6.07, 6.45) is 1.44. The second-order valence-electron chi connectivity index (χ2n) is 3.98. The maximum atomic E-state index is 13.1. The van der Waals surface area contributed by atoms with Crippen molar-refractivity contribution in [3.05, 3.63) is 70.8 Å². The molecule has 0 saturated heterocycles. The molecule has 0 saturated carbocycles. The summed E-state index contributed by atoms with van der Waals surface area (Å²) in [6.45, 7) is 0. The summed E-state index contributed by atoms with van der Waals surface area (Å²) >= 11 is -0.107. The Hall–Kier alpha value is -1.90. The number of fused-ring (bicyclic) bond motifs is 1. The molecule has 0 N–H and O–H groups in total. The third-order valence-corrected chi connectivity index (χ3v) is 4.79. The Bertz CT molecular complexity index is 781. The average molecular weight is 319 g/mol. The molecule has 2 aromatic carbocycles. The van der Waals surface area contributed by atoms with Gasteiger partial charge in [0.1, 0.15) is 0 Å². The summed E-state index contributed by atoms with van der Waals surface area (Å²) in [5, 5.41) is 0.428. The maximum absolute atomic E-state index is 13.1. The van der Waals surface area contributed by atoms with Crippen LogP contribution in [0.3, 0.4) is 0 Å². The molecular formula is C15H9FO2Se. The second kappa shape index (κ2) is 5.00. The first-order valence-corrected chi connectivity index (χ1v) is 7.39. The summed E-state index contributed by atoms with van der Waals surface area (Å²) in [4.78, 5) is 12.3. The first-order chi connectivity index (χ1) is 9.24. The van der Waals surface area contributed by atoms with E-state index in [4.69, 9.17) is 4.42 Å². The van der Waals surface area contributed by atoms with Crippen molar-refractivity contribution in [3.8, 4) is 0 Å². The van der Waals surface area contributed by atoms with Crippen molar-refractivity contribution >= 4 is 34.8 Å². The zero-order chi connectivity index (χ0) is 13.2. The monoisotopic (exact) mass is 320 g/mol. The predicted octanol–water partition coefficient (Wildman–Crippen LogP) is 1.59. The Morgan fingerprint density at radius 3 is 2.63 bits per heavy atom. The van der Waals surface area contributed by atoms with Gasteiger partial charge in [0.25, 0.3) is 0 Å². The zero-order valence-electron chi connectivity index (χ0n) is 9.80. The van der Waals surface area contributed by atoms with Crippen LogP contribution in [0.25, 0.3) is 11.0 Å². The number of rotatable bonds is 2. The Kier molecular flexibility index (Phi) is 3.20. The van der Waals surface area contributed by atoms with Crippen LogP contribution in [-0.2, 0) is 0 Å². The molecule has 0 fully saturated rings. The van der Waals surface area contributed by atoms with E-state index in [1.54, 1.807) is 0 Å². The van der Waals surface area contributed by atoms with Crippen molar-refractivity contribution < 1.29 is 8.81 Å². The summed E-state index contributed by atoms with van der Waals surface area (Å²) < 4.78 is 20.1. The number of hydrogen-bond donors (Lipinski definition) is 0. The molecule has 3 aromatic rings. The van der Waals surface area contributed by atoms with Gasteiger partial charge in [0.2, 0.25) is 0 Å². The van der Waals surface area contributed by atoms with E-state index in [9.17, 15) is 9.18 Å². The fourth-order valence-corrected chi connectivity index (χ4v) is 3.55. The Morgan fingerprint density at radius 2 is 1.84 bits per heavy atom. The van der Waals surface area contributed by atoms with Crippen molar-refractivity contribution in [2.45, 2.75) is 0 Å². The van der Waals surface area contributed by atoms with Gasteiger partial charge < -0.3 is 0 Å². The van der Waals surface area contributed by atoms with E-state index in [2.05, 4.69) is 0 Å². The molecule has 0 radical (unpaired) electrons. The molecule has 4 heteroatoms. The van der Waals surface area contributed by atoms with E-state index in [1.807, 2.05) is 30.3 Å². The molecule has 0 aliphatic carbocycles. The van der Waals surface area contributed by atoms with Crippen LogP contribution < -0.4 is 14.4 Å². The molecule has 1 heterocycles. The summed E-state index contributed by atoms with van der Waals surface area (Å²) in [5.74, 6) is -0.406. The minimum absolute atomic E-state index is 0.0786. The van der Waals surface area contributed by atoms with E-state index in [0.29, 0.717) is 9.85 Å². The normalized spacial score (nSPS) is 10.8. The summed E-state index contributed by atoms with van der Waals surface area (Å²) in [7, 11) is 0. The topological polar surface area (TPSA) is 30.2 Å². The van der Waals surface area contributed by atoms with E-state index < -0.39 is 5.82 Å². The molecule has 2 nitrogen and oxygen atoms in total. The standard InChI is InChI=1S/C15H9FO2Se/c16-10-6-7-12-13(8-10)18-9-14(15(12)17)19-11-4-2-1-3-5-11/h1-9H. The quantitative estimate of drug-likeness (QED) is 0.672. The first kappa shape index (κ1) is 12.1. The molecular weight excluding hydrogens is 310 g/mol. The molecule has 0 bridgehead atoms. The molecule has 0 aliphatic rings. The van der Waals surface area contributed by atoms with Crippen LogP contribution in [0.1, 0.15) is 0 Å². The predicted molar refractivity (Wildman–Crippen MR) is 73.9 cm³/mol. The molecule has 3 rings (SSSR count). The minimum atomic E-state index is -0.406. The Balaban J connectivity index is 2.08. The fourth-order valence-electron chi connectivity index (χ4n) is 1.77. The van der Waals surface area contributed by atoms with Gasteiger partial charge in [0, 0.05) is 0 Å². The molecule has 19 heavy (non-hydrogen) atoms. The molecule has 0 amide bonds. The van der Waals surface area contributed by atoms with Gasteiger partial charge in [-0.3, -0.25) is 0 Å². The van der Waals surface area contributed by atoms with Crippen molar-refractivity contribution in [2.75, 3.05) is 0 Å². The second-order valence-corrected chi connectivity index (χ2v) is 6.32. The van der Waals surface area contributed by atoms with Gasteiger partial charge in [-0.15, -0.1) is 0 Å². The van der Waals surface area contributed by atoms with Crippen molar-refractivity contribution in [1.29, 1.82) is 0 Å². The van der Waals surface area contributed by atoms with Crippen LogP contribution in [0.2, 0.25) is 0 Å². The zero-order valence-corrected chi connectivity index (χ0v) is 11.5. The van der Waals surface area contributed by atoms with E-state index in [1.165, 1.54) is 24.5 Å². The van der Waals surface area contributed by atoms with Gasteiger partial charge in [0.15, 0.2) is 0 Å². The first-order valence-electron chi connectivity index (χ1n) is 5.68. The molecule has 0 unspecified atom stereocenters. The van der Waals surface area contributed by atoms with Crippen molar-refractivity contribution in [1.82, 2.24) is 0 Å². The molecule has 0 spiro atoms. The van der Waals surface area contributed by atoms with Gasteiger partial charge >= 0.3 is 114 Å². The van der Waals surface area contributed by atoms with Crippen LogP contribution in [0.4, 0.5) is 4.39 Å². The Morgan fingerprint density at radius 1 is 1.05 bits per heavy atom.